The third kappa shape index (κ3) is 6.68. The number of piperidine rings is 1. The van der Waals surface area contributed by atoms with Crippen LogP contribution in [0.15, 0.2) is 22.9 Å². The van der Waals surface area contributed by atoms with E-state index in [1.165, 1.54) is 48.6 Å². The summed E-state index contributed by atoms with van der Waals surface area (Å²) in [4.78, 5) is 31.6. The fourth-order valence-electron chi connectivity index (χ4n) is 3.21. The Morgan fingerprint density at radius 2 is 2.07 bits per heavy atom. The molecule has 3 heterocycles. The van der Waals surface area contributed by atoms with Gasteiger partial charge >= 0.3 is 0 Å². The maximum absolute atomic E-state index is 12.1. The number of anilines is 1. The van der Waals surface area contributed by atoms with E-state index in [1.807, 2.05) is 16.8 Å². The first-order chi connectivity index (χ1) is 13.6. The van der Waals surface area contributed by atoms with E-state index in [0.29, 0.717) is 22.2 Å². The van der Waals surface area contributed by atoms with Crippen LogP contribution in [0.2, 0.25) is 0 Å². The van der Waals surface area contributed by atoms with Gasteiger partial charge in [0.15, 0.2) is 5.13 Å². The molecule has 3 rings (SSSR count). The number of aromatic nitrogens is 1. The average Bonchev–Trinajstić information content (AvgIpc) is 3.35. The quantitative estimate of drug-likeness (QED) is 0.608. The Balaban J connectivity index is 1.29. The minimum atomic E-state index is -0.163. The van der Waals surface area contributed by atoms with Gasteiger partial charge in [0.25, 0.3) is 5.91 Å². The first-order valence-corrected chi connectivity index (χ1v) is 11.6. The van der Waals surface area contributed by atoms with Gasteiger partial charge in [0, 0.05) is 11.9 Å². The molecule has 1 aliphatic rings. The molecular weight excluding hydrogens is 392 g/mol. The first-order valence-electron chi connectivity index (χ1n) is 9.88. The maximum atomic E-state index is 12.1. The largest absolute Gasteiger partial charge is 0.356 e. The van der Waals surface area contributed by atoms with Crippen molar-refractivity contribution in [3.8, 4) is 0 Å². The van der Waals surface area contributed by atoms with Crippen LogP contribution >= 0.6 is 22.7 Å². The van der Waals surface area contributed by atoms with E-state index in [2.05, 4.69) is 27.4 Å². The predicted molar refractivity (Wildman–Crippen MR) is 115 cm³/mol. The molecule has 8 heteroatoms. The summed E-state index contributed by atoms with van der Waals surface area (Å²) >= 11 is 2.73. The summed E-state index contributed by atoms with van der Waals surface area (Å²) in [5, 5.41) is 9.95. The number of likely N-dealkylation sites (tertiary alicyclic amines) is 1. The first kappa shape index (κ1) is 21.0. The summed E-state index contributed by atoms with van der Waals surface area (Å²) in [6, 6.07) is 3.61. The third-order valence-corrected chi connectivity index (χ3v) is 6.63. The second-order valence-electron chi connectivity index (χ2n) is 7.33. The summed E-state index contributed by atoms with van der Waals surface area (Å²) in [5.74, 6) is 0.683. The van der Waals surface area contributed by atoms with Gasteiger partial charge in [-0.05, 0) is 62.7 Å². The Morgan fingerprint density at radius 1 is 1.25 bits per heavy atom. The maximum Gasteiger partial charge on any atom is 0.267 e. The summed E-state index contributed by atoms with van der Waals surface area (Å²) in [6.45, 7) is 6.58. The number of carbonyl (C=O) groups is 2. The molecule has 2 N–H and O–H groups in total. The highest BCUT2D eigenvalue weighted by atomic mass is 32.1. The third-order valence-electron chi connectivity index (χ3n) is 4.96. The minimum Gasteiger partial charge on any atom is -0.356 e. The lowest BCUT2D eigenvalue weighted by molar-refractivity contribution is -0.120. The van der Waals surface area contributed by atoms with E-state index < -0.39 is 0 Å². The van der Waals surface area contributed by atoms with Crippen LogP contribution in [0.25, 0.3) is 0 Å². The van der Waals surface area contributed by atoms with Crippen LogP contribution in [0.5, 0.6) is 0 Å². The van der Waals surface area contributed by atoms with Gasteiger partial charge in [0.1, 0.15) is 0 Å². The molecule has 152 valence electrons. The van der Waals surface area contributed by atoms with Gasteiger partial charge in [-0.3, -0.25) is 14.9 Å². The second-order valence-corrected chi connectivity index (χ2v) is 9.14. The number of unbranched alkanes of at least 4 members (excludes halogenated alkanes) is 1. The monoisotopic (exact) mass is 420 g/mol. The van der Waals surface area contributed by atoms with Crippen molar-refractivity contribution in [1.29, 1.82) is 0 Å². The summed E-state index contributed by atoms with van der Waals surface area (Å²) < 4.78 is 0. The number of thiophene rings is 1. The standard InChI is InChI=1S/C20H28N4O2S2/c1-15-6-10-24(11-7-15)9-3-2-8-21-18(25)13-16-14-28-20(22-16)23-19(26)17-5-4-12-27-17/h4-5,12,14-15H,2-3,6-11,13H2,1H3,(H,21,25)(H,22,23,26). The molecule has 6 nitrogen and oxygen atoms in total. The molecule has 1 fully saturated rings. The Bertz CT molecular complexity index is 752. The van der Waals surface area contributed by atoms with Crippen molar-refractivity contribution in [2.45, 2.75) is 39.0 Å². The average molecular weight is 421 g/mol. The molecule has 0 aliphatic carbocycles. The molecule has 0 saturated carbocycles. The van der Waals surface area contributed by atoms with Gasteiger partial charge in [-0.2, -0.15) is 0 Å². The van der Waals surface area contributed by atoms with Crippen LogP contribution in [-0.2, 0) is 11.2 Å². The van der Waals surface area contributed by atoms with Crippen molar-refractivity contribution >= 4 is 39.6 Å². The topological polar surface area (TPSA) is 74.3 Å². The highest BCUT2D eigenvalue weighted by molar-refractivity contribution is 7.14. The van der Waals surface area contributed by atoms with E-state index in [1.54, 1.807) is 6.07 Å². The number of thiazole rings is 1. The zero-order valence-corrected chi connectivity index (χ0v) is 17.9. The molecule has 0 radical (unpaired) electrons. The highest BCUT2D eigenvalue weighted by Crippen LogP contribution is 2.18. The van der Waals surface area contributed by atoms with Gasteiger partial charge in [-0.15, -0.1) is 22.7 Å². The van der Waals surface area contributed by atoms with Crippen molar-refractivity contribution in [3.05, 3.63) is 33.5 Å². The van der Waals surface area contributed by atoms with Crippen LogP contribution < -0.4 is 10.6 Å². The molecule has 0 aromatic carbocycles. The molecule has 0 atom stereocenters. The van der Waals surface area contributed by atoms with Crippen molar-refractivity contribution in [3.63, 3.8) is 0 Å². The molecule has 28 heavy (non-hydrogen) atoms. The number of hydrogen-bond donors (Lipinski definition) is 2. The molecule has 2 aromatic heterocycles. The number of nitrogens with one attached hydrogen (secondary N) is 2. The van der Waals surface area contributed by atoms with Gasteiger partial charge in [0.05, 0.1) is 17.0 Å². The van der Waals surface area contributed by atoms with E-state index >= 15 is 0 Å². The summed E-state index contributed by atoms with van der Waals surface area (Å²) in [5.41, 5.74) is 0.686. The Hall–Kier alpha value is -1.77. The lowest BCUT2D eigenvalue weighted by atomic mass is 9.99. The van der Waals surface area contributed by atoms with E-state index in [-0.39, 0.29) is 18.2 Å². The fourth-order valence-corrected chi connectivity index (χ4v) is 4.54. The van der Waals surface area contributed by atoms with Gasteiger partial charge in [0.2, 0.25) is 5.91 Å². The zero-order chi connectivity index (χ0) is 19.8. The number of amides is 2. The lowest BCUT2D eigenvalue weighted by Gasteiger charge is -2.30. The van der Waals surface area contributed by atoms with Crippen molar-refractivity contribution < 1.29 is 9.59 Å². The number of nitrogens with zero attached hydrogens (tertiary/aromatic N) is 2. The fraction of sp³-hybridized carbons (Fsp3) is 0.550. The van der Waals surface area contributed by atoms with Crippen molar-refractivity contribution in [2.75, 3.05) is 31.5 Å². The molecule has 0 unspecified atom stereocenters. The number of rotatable bonds is 9. The predicted octanol–water partition coefficient (Wildman–Crippen LogP) is 3.63. The SMILES string of the molecule is CC1CCN(CCCCNC(=O)Cc2csc(NC(=O)c3cccs3)n2)CC1. The minimum absolute atomic E-state index is 0.0202. The van der Waals surface area contributed by atoms with Crippen LogP contribution in [0.3, 0.4) is 0 Å². The number of hydrogen-bond acceptors (Lipinski definition) is 6. The molecule has 2 aromatic rings. The highest BCUT2D eigenvalue weighted by Gasteiger charge is 2.15. The van der Waals surface area contributed by atoms with Crippen LogP contribution in [0.4, 0.5) is 5.13 Å². The van der Waals surface area contributed by atoms with Crippen molar-refractivity contribution in [1.82, 2.24) is 15.2 Å². The molecule has 2 amide bonds. The van der Waals surface area contributed by atoms with Gasteiger partial charge in [-0.1, -0.05) is 13.0 Å². The second kappa shape index (κ2) is 10.7. The Morgan fingerprint density at radius 3 is 2.82 bits per heavy atom. The van der Waals surface area contributed by atoms with Crippen LogP contribution in [0.1, 0.15) is 48.0 Å². The summed E-state index contributed by atoms with van der Waals surface area (Å²) in [6.07, 6.45) is 4.97. The number of carbonyl (C=O) groups excluding carboxylic acids is 2. The summed E-state index contributed by atoms with van der Waals surface area (Å²) in [7, 11) is 0. The Kier molecular flexibility index (Phi) is 8.00. The van der Waals surface area contributed by atoms with Crippen molar-refractivity contribution in [2.24, 2.45) is 5.92 Å². The zero-order valence-electron chi connectivity index (χ0n) is 16.3. The lowest BCUT2D eigenvalue weighted by Crippen LogP contribution is -2.34. The normalized spacial score (nSPS) is 15.5. The smallest absolute Gasteiger partial charge is 0.267 e. The Labute approximate surface area is 174 Å². The molecular formula is C20H28N4O2S2. The van der Waals surface area contributed by atoms with Gasteiger partial charge in [-0.25, -0.2) is 4.98 Å². The molecule has 0 bridgehead atoms. The van der Waals surface area contributed by atoms with Crippen LogP contribution in [0, 0.1) is 5.92 Å². The van der Waals surface area contributed by atoms with E-state index in [4.69, 9.17) is 0 Å². The molecule has 1 aliphatic heterocycles. The van der Waals surface area contributed by atoms with Gasteiger partial charge < -0.3 is 10.2 Å². The molecule has 0 spiro atoms. The van der Waals surface area contributed by atoms with E-state index in [9.17, 15) is 9.59 Å². The molecule has 1 saturated heterocycles. The van der Waals surface area contributed by atoms with Crippen LogP contribution in [-0.4, -0.2) is 47.9 Å². The van der Waals surface area contributed by atoms with E-state index in [0.717, 1.165) is 25.3 Å².